The highest BCUT2D eigenvalue weighted by Gasteiger charge is 2.27. The first-order chi connectivity index (χ1) is 11.5. The van der Waals surface area contributed by atoms with E-state index in [9.17, 15) is 13.2 Å². The van der Waals surface area contributed by atoms with Gasteiger partial charge in [0.1, 0.15) is 0 Å². The number of carbonyl (C=O) groups excluding carboxylic acids is 1. The maximum absolute atomic E-state index is 12.4. The standard InChI is InChI=1S/C18H28N2O3S/c1-3-5-14-24(22,23)20-12-10-19(11-13-20)15-18(21)17-8-6-16(4-2)7-9-17/h6-9H,3-5,10-15H2,1-2H3. The first kappa shape index (κ1) is 19.1. The van der Waals surface area contributed by atoms with Gasteiger partial charge in [0.15, 0.2) is 5.78 Å². The van der Waals surface area contributed by atoms with Crippen molar-refractivity contribution in [1.82, 2.24) is 9.21 Å². The molecular formula is C18H28N2O3S. The van der Waals surface area contributed by atoms with Crippen molar-refractivity contribution in [3.63, 3.8) is 0 Å². The SMILES string of the molecule is CCCCS(=O)(=O)N1CCN(CC(=O)c2ccc(CC)cc2)CC1. The maximum Gasteiger partial charge on any atom is 0.214 e. The Morgan fingerprint density at radius 3 is 2.21 bits per heavy atom. The molecule has 24 heavy (non-hydrogen) atoms. The lowest BCUT2D eigenvalue weighted by Crippen LogP contribution is -2.50. The van der Waals surface area contributed by atoms with Crippen LogP contribution in [0.15, 0.2) is 24.3 Å². The van der Waals surface area contributed by atoms with E-state index >= 15 is 0 Å². The van der Waals surface area contributed by atoms with Gasteiger partial charge >= 0.3 is 0 Å². The highest BCUT2D eigenvalue weighted by Crippen LogP contribution is 2.12. The molecule has 0 atom stereocenters. The summed E-state index contributed by atoms with van der Waals surface area (Å²) in [5.74, 6) is 0.326. The Bertz CT molecular complexity index is 633. The predicted molar refractivity (Wildman–Crippen MR) is 96.9 cm³/mol. The number of piperazine rings is 1. The zero-order valence-electron chi connectivity index (χ0n) is 14.7. The quantitative estimate of drug-likeness (QED) is 0.673. The van der Waals surface area contributed by atoms with Crippen molar-refractivity contribution in [3.05, 3.63) is 35.4 Å². The Kier molecular flexibility index (Phi) is 6.95. The molecule has 0 N–H and O–H groups in total. The van der Waals surface area contributed by atoms with Crippen LogP contribution in [0, 0.1) is 0 Å². The number of benzene rings is 1. The zero-order chi connectivity index (χ0) is 17.6. The van der Waals surface area contributed by atoms with Crippen LogP contribution >= 0.6 is 0 Å². The lowest BCUT2D eigenvalue weighted by Gasteiger charge is -2.33. The summed E-state index contributed by atoms with van der Waals surface area (Å²) >= 11 is 0. The van der Waals surface area contributed by atoms with E-state index in [0.29, 0.717) is 39.1 Å². The Balaban J connectivity index is 1.85. The molecule has 0 aliphatic carbocycles. The van der Waals surface area contributed by atoms with Crippen molar-refractivity contribution >= 4 is 15.8 Å². The molecule has 6 heteroatoms. The van der Waals surface area contributed by atoms with E-state index in [-0.39, 0.29) is 11.5 Å². The van der Waals surface area contributed by atoms with E-state index in [0.717, 1.165) is 18.4 Å². The van der Waals surface area contributed by atoms with Crippen LogP contribution in [0.25, 0.3) is 0 Å². The number of hydrogen-bond acceptors (Lipinski definition) is 4. The van der Waals surface area contributed by atoms with Gasteiger partial charge in [0, 0.05) is 31.7 Å². The van der Waals surface area contributed by atoms with Crippen LogP contribution in [0.5, 0.6) is 0 Å². The van der Waals surface area contributed by atoms with Gasteiger partial charge in [0.25, 0.3) is 0 Å². The summed E-state index contributed by atoms with van der Waals surface area (Å²) in [6.45, 7) is 6.63. The first-order valence-electron chi connectivity index (χ1n) is 8.78. The summed E-state index contributed by atoms with van der Waals surface area (Å²) < 4.78 is 26.0. The van der Waals surface area contributed by atoms with Crippen molar-refractivity contribution in [1.29, 1.82) is 0 Å². The maximum atomic E-state index is 12.4. The third-order valence-corrected chi connectivity index (χ3v) is 6.49. The van der Waals surface area contributed by atoms with Crippen LogP contribution in [0.3, 0.4) is 0 Å². The number of unbranched alkanes of at least 4 members (excludes halogenated alkanes) is 1. The molecule has 1 saturated heterocycles. The molecule has 1 aromatic carbocycles. The average molecular weight is 353 g/mol. The molecule has 2 rings (SSSR count). The summed E-state index contributed by atoms with van der Waals surface area (Å²) in [5, 5.41) is 0. The summed E-state index contributed by atoms with van der Waals surface area (Å²) in [7, 11) is -3.14. The second-order valence-electron chi connectivity index (χ2n) is 6.32. The number of hydrogen-bond donors (Lipinski definition) is 0. The largest absolute Gasteiger partial charge is 0.293 e. The van der Waals surface area contributed by atoms with E-state index in [4.69, 9.17) is 0 Å². The molecule has 0 radical (unpaired) electrons. The molecular weight excluding hydrogens is 324 g/mol. The summed E-state index contributed by atoms with van der Waals surface area (Å²) in [6, 6.07) is 7.75. The number of rotatable bonds is 8. The Hall–Kier alpha value is -1.24. The number of aryl methyl sites for hydroxylation is 1. The van der Waals surface area contributed by atoms with Gasteiger partial charge in [-0.05, 0) is 18.4 Å². The second kappa shape index (κ2) is 8.74. The average Bonchev–Trinajstić information content (AvgIpc) is 2.60. The third kappa shape index (κ3) is 5.13. The molecule has 0 saturated carbocycles. The van der Waals surface area contributed by atoms with Crippen molar-refractivity contribution in [2.45, 2.75) is 33.1 Å². The van der Waals surface area contributed by atoms with Gasteiger partial charge in [-0.3, -0.25) is 9.69 Å². The van der Waals surface area contributed by atoms with Crippen LogP contribution in [0.2, 0.25) is 0 Å². The molecule has 0 aromatic heterocycles. The molecule has 1 aliphatic heterocycles. The normalized spacial score (nSPS) is 17.1. The Labute approximate surface area is 145 Å². The minimum absolute atomic E-state index is 0.0972. The van der Waals surface area contributed by atoms with E-state index in [1.54, 1.807) is 4.31 Å². The minimum Gasteiger partial charge on any atom is -0.293 e. The topological polar surface area (TPSA) is 57.7 Å². The van der Waals surface area contributed by atoms with E-state index < -0.39 is 10.0 Å². The fourth-order valence-electron chi connectivity index (χ4n) is 2.84. The highest BCUT2D eigenvalue weighted by molar-refractivity contribution is 7.89. The van der Waals surface area contributed by atoms with Gasteiger partial charge in [-0.1, -0.05) is 44.5 Å². The van der Waals surface area contributed by atoms with E-state index in [1.807, 2.05) is 36.1 Å². The summed E-state index contributed by atoms with van der Waals surface area (Å²) in [6.07, 6.45) is 2.54. The van der Waals surface area contributed by atoms with Crippen LogP contribution in [0.4, 0.5) is 0 Å². The van der Waals surface area contributed by atoms with Gasteiger partial charge in [-0.2, -0.15) is 4.31 Å². The second-order valence-corrected chi connectivity index (χ2v) is 8.41. The molecule has 1 aliphatic rings. The third-order valence-electron chi connectivity index (χ3n) is 4.53. The highest BCUT2D eigenvalue weighted by atomic mass is 32.2. The molecule has 0 unspecified atom stereocenters. The molecule has 134 valence electrons. The number of carbonyl (C=O) groups is 1. The van der Waals surface area contributed by atoms with Crippen LogP contribution < -0.4 is 0 Å². The van der Waals surface area contributed by atoms with Crippen molar-refractivity contribution in [3.8, 4) is 0 Å². The van der Waals surface area contributed by atoms with Crippen molar-refractivity contribution in [2.75, 3.05) is 38.5 Å². The number of ketones is 1. The molecule has 1 heterocycles. The lowest BCUT2D eigenvalue weighted by molar-refractivity contribution is 0.0901. The van der Waals surface area contributed by atoms with Crippen molar-refractivity contribution < 1.29 is 13.2 Å². The zero-order valence-corrected chi connectivity index (χ0v) is 15.5. The first-order valence-corrected chi connectivity index (χ1v) is 10.4. The molecule has 0 spiro atoms. The number of Topliss-reactive ketones (excluding diaryl/α,β-unsaturated/α-hetero) is 1. The van der Waals surface area contributed by atoms with Gasteiger partial charge in [-0.25, -0.2) is 8.42 Å². The smallest absolute Gasteiger partial charge is 0.214 e. The molecule has 0 amide bonds. The molecule has 1 fully saturated rings. The molecule has 5 nitrogen and oxygen atoms in total. The molecule has 0 bridgehead atoms. The lowest BCUT2D eigenvalue weighted by atomic mass is 10.1. The van der Waals surface area contributed by atoms with Crippen molar-refractivity contribution in [2.24, 2.45) is 0 Å². The van der Waals surface area contributed by atoms with Gasteiger partial charge in [-0.15, -0.1) is 0 Å². The Morgan fingerprint density at radius 1 is 1.04 bits per heavy atom. The van der Waals surface area contributed by atoms with Gasteiger partial charge < -0.3 is 0 Å². The fourth-order valence-corrected chi connectivity index (χ4v) is 4.47. The molecule has 1 aromatic rings. The summed E-state index contributed by atoms with van der Waals surface area (Å²) in [4.78, 5) is 14.4. The van der Waals surface area contributed by atoms with Crippen LogP contribution in [-0.2, 0) is 16.4 Å². The van der Waals surface area contributed by atoms with Crippen LogP contribution in [-0.4, -0.2) is 61.9 Å². The predicted octanol–water partition coefficient (Wildman–Crippen LogP) is 2.18. The van der Waals surface area contributed by atoms with Crippen LogP contribution in [0.1, 0.15) is 42.6 Å². The van der Waals surface area contributed by atoms with Gasteiger partial charge in [0.05, 0.1) is 12.3 Å². The summed E-state index contributed by atoms with van der Waals surface area (Å²) in [5.41, 5.74) is 1.95. The Morgan fingerprint density at radius 2 is 1.67 bits per heavy atom. The van der Waals surface area contributed by atoms with E-state index in [2.05, 4.69) is 6.92 Å². The monoisotopic (exact) mass is 352 g/mol. The van der Waals surface area contributed by atoms with Gasteiger partial charge in [0.2, 0.25) is 10.0 Å². The fraction of sp³-hybridized carbons (Fsp3) is 0.611. The minimum atomic E-state index is -3.14. The number of nitrogens with zero attached hydrogens (tertiary/aromatic N) is 2. The number of sulfonamides is 1. The van der Waals surface area contributed by atoms with E-state index in [1.165, 1.54) is 5.56 Å².